The Hall–Kier alpha value is -1.77. The summed E-state index contributed by atoms with van der Waals surface area (Å²) in [5.74, 6) is 1.55. The Morgan fingerprint density at radius 3 is 2.27 bits per heavy atom. The second kappa shape index (κ2) is 5.46. The molecule has 22 heavy (non-hydrogen) atoms. The molecule has 0 atom stereocenters. The number of carboxylic acids is 1. The van der Waals surface area contributed by atoms with Gasteiger partial charge in [0, 0.05) is 11.9 Å². The maximum atomic E-state index is 11.2. The summed E-state index contributed by atoms with van der Waals surface area (Å²) in [4.78, 5) is 11.2. The lowest BCUT2D eigenvalue weighted by Crippen LogP contribution is -2.41. The fraction of sp³-hybridized carbons (Fsp3) is 0.471. The van der Waals surface area contributed by atoms with Gasteiger partial charge in [-0.05, 0) is 57.9 Å². The fourth-order valence-corrected chi connectivity index (χ4v) is 2.49. The third-order valence-electron chi connectivity index (χ3n) is 4.61. The van der Waals surface area contributed by atoms with E-state index in [0.29, 0.717) is 11.9 Å². The van der Waals surface area contributed by atoms with Crippen LogP contribution in [-0.2, 0) is 15.6 Å². The van der Waals surface area contributed by atoms with Crippen LogP contribution in [0.2, 0.25) is 0 Å². The van der Waals surface area contributed by atoms with Gasteiger partial charge in [0.15, 0.2) is 0 Å². The predicted octanol–water partition coefficient (Wildman–Crippen LogP) is 2.85. The lowest BCUT2D eigenvalue weighted by atomic mass is 9.78. The molecule has 0 aromatic heterocycles. The molecular weight excluding hydrogens is 279 g/mol. The van der Waals surface area contributed by atoms with E-state index in [1.54, 1.807) is 6.07 Å². The molecule has 1 aromatic rings. The summed E-state index contributed by atoms with van der Waals surface area (Å²) in [7, 11) is -0.418. The molecule has 1 aliphatic heterocycles. The molecule has 1 saturated heterocycles. The zero-order valence-electron chi connectivity index (χ0n) is 13.7. The first-order chi connectivity index (χ1) is 10.1. The van der Waals surface area contributed by atoms with Crippen molar-refractivity contribution in [3.8, 4) is 12.3 Å². The highest BCUT2D eigenvalue weighted by Gasteiger charge is 2.50. The quantitative estimate of drug-likeness (QED) is 0.689. The predicted molar refractivity (Wildman–Crippen MR) is 85.9 cm³/mol. The van der Waals surface area contributed by atoms with Crippen LogP contribution in [0.4, 0.5) is 0 Å². The van der Waals surface area contributed by atoms with Gasteiger partial charge in [0.05, 0.1) is 16.8 Å². The van der Waals surface area contributed by atoms with Gasteiger partial charge >= 0.3 is 13.1 Å². The molecule has 1 fully saturated rings. The molecule has 0 bridgehead atoms. The highest BCUT2D eigenvalue weighted by molar-refractivity contribution is 6.45. The Kier molecular flexibility index (Phi) is 4.12. The van der Waals surface area contributed by atoms with Crippen molar-refractivity contribution in [3.63, 3.8) is 0 Å². The second-order valence-electron chi connectivity index (χ2n) is 6.65. The minimum Gasteiger partial charge on any atom is -0.478 e. The Morgan fingerprint density at radius 1 is 1.27 bits per heavy atom. The Balaban J connectivity index is 2.33. The number of rotatable bonds is 3. The maximum Gasteiger partial charge on any atom is 0.462 e. The molecule has 4 nitrogen and oxygen atoms in total. The van der Waals surface area contributed by atoms with E-state index in [1.165, 1.54) is 6.07 Å². The van der Waals surface area contributed by atoms with E-state index in [0.717, 1.165) is 11.1 Å². The highest BCUT2D eigenvalue weighted by atomic mass is 16.7. The van der Waals surface area contributed by atoms with E-state index < -0.39 is 24.3 Å². The monoisotopic (exact) mass is 300 g/mol. The summed E-state index contributed by atoms with van der Waals surface area (Å²) in [6, 6.07) is 3.16. The minimum absolute atomic E-state index is 0.185. The van der Waals surface area contributed by atoms with Crippen molar-refractivity contribution in [2.24, 2.45) is 0 Å². The van der Waals surface area contributed by atoms with Gasteiger partial charge in [0.2, 0.25) is 0 Å². The van der Waals surface area contributed by atoms with Crippen molar-refractivity contribution in [2.45, 2.75) is 52.1 Å². The first-order valence-electron chi connectivity index (χ1n) is 7.26. The smallest absolute Gasteiger partial charge is 0.462 e. The molecule has 1 N–H and O–H groups in total. The average Bonchev–Trinajstić information content (AvgIpc) is 2.59. The van der Waals surface area contributed by atoms with Gasteiger partial charge in [0.1, 0.15) is 0 Å². The van der Waals surface area contributed by atoms with Crippen LogP contribution in [0.15, 0.2) is 12.1 Å². The molecule has 0 aliphatic carbocycles. The zero-order valence-corrected chi connectivity index (χ0v) is 13.7. The standard InChI is InChI=1S/C17H21BO4/c1-7-12-8-13(15(19)20)9-14(11(12)2)10-18-21-16(3,4)17(5,6)22-18/h1,8-9H,10H2,2-6H3,(H,19,20). The highest BCUT2D eigenvalue weighted by Crippen LogP contribution is 2.37. The van der Waals surface area contributed by atoms with E-state index in [-0.39, 0.29) is 5.56 Å². The topological polar surface area (TPSA) is 55.8 Å². The van der Waals surface area contributed by atoms with Gasteiger partial charge in [-0.3, -0.25) is 0 Å². The van der Waals surface area contributed by atoms with E-state index in [2.05, 4.69) is 5.92 Å². The largest absolute Gasteiger partial charge is 0.478 e. The number of terminal acetylenes is 1. The Labute approximate surface area is 132 Å². The molecule has 1 aromatic carbocycles. The molecule has 0 amide bonds. The Bertz CT molecular complexity index is 639. The van der Waals surface area contributed by atoms with Crippen LogP contribution in [0.3, 0.4) is 0 Å². The first kappa shape index (κ1) is 16.6. The van der Waals surface area contributed by atoms with E-state index in [4.69, 9.17) is 15.7 Å². The number of hydrogen-bond donors (Lipinski definition) is 1. The molecule has 0 unspecified atom stereocenters. The third kappa shape index (κ3) is 2.90. The molecular formula is C17H21BO4. The van der Waals surface area contributed by atoms with Gasteiger partial charge < -0.3 is 14.4 Å². The normalized spacial score (nSPS) is 19.0. The van der Waals surface area contributed by atoms with Crippen LogP contribution in [0.1, 0.15) is 54.7 Å². The Morgan fingerprint density at radius 2 is 1.82 bits per heavy atom. The van der Waals surface area contributed by atoms with Gasteiger partial charge in [-0.15, -0.1) is 6.42 Å². The lowest BCUT2D eigenvalue weighted by Gasteiger charge is -2.32. The van der Waals surface area contributed by atoms with Crippen LogP contribution in [0.5, 0.6) is 0 Å². The summed E-state index contributed by atoms with van der Waals surface area (Å²) in [5, 5.41) is 9.22. The number of benzene rings is 1. The molecule has 0 radical (unpaired) electrons. The van der Waals surface area contributed by atoms with E-state index in [1.807, 2.05) is 34.6 Å². The van der Waals surface area contributed by atoms with Gasteiger partial charge in [-0.1, -0.05) is 5.92 Å². The average molecular weight is 300 g/mol. The van der Waals surface area contributed by atoms with Crippen LogP contribution in [0, 0.1) is 19.3 Å². The van der Waals surface area contributed by atoms with Crippen molar-refractivity contribution in [2.75, 3.05) is 0 Å². The molecule has 2 rings (SSSR count). The van der Waals surface area contributed by atoms with Crippen molar-refractivity contribution >= 4 is 13.1 Å². The summed E-state index contributed by atoms with van der Waals surface area (Å²) in [5.41, 5.74) is 1.68. The molecule has 116 valence electrons. The first-order valence-corrected chi connectivity index (χ1v) is 7.26. The van der Waals surface area contributed by atoms with Crippen molar-refractivity contribution in [1.29, 1.82) is 0 Å². The van der Waals surface area contributed by atoms with E-state index in [9.17, 15) is 9.90 Å². The van der Waals surface area contributed by atoms with Gasteiger partial charge in [0.25, 0.3) is 0 Å². The lowest BCUT2D eigenvalue weighted by molar-refractivity contribution is 0.00578. The molecule has 1 heterocycles. The SMILES string of the molecule is C#Cc1cc(C(=O)O)cc(CB2OC(C)(C)C(C)(C)O2)c1C. The number of hydrogen-bond acceptors (Lipinski definition) is 3. The van der Waals surface area contributed by atoms with Crippen LogP contribution >= 0.6 is 0 Å². The molecule has 5 heteroatoms. The fourth-order valence-electron chi connectivity index (χ4n) is 2.49. The maximum absolute atomic E-state index is 11.2. The molecule has 0 saturated carbocycles. The third-order valence-corrected chi connectivity index (χ3v) is 4.61. The number of carboxylic acid groups (broad SMARTS) is 1. The summed E-state index contributed by atoms with van der Waals surface area (Å²) in [6.45, 7) is 9.84. The van der Waals surface area contributed by atoms with Gasteiger partial charge in [-0.2, -0.15) is 0 Å². The summed E-state index contributed by atoms with van der Waals surface area (Å²) < 4.78 is 12.0. The zero-order chi connectivity index (χ0) is 16.7. The van der Waals surface area contributed by atoms with E-state index >= 15 is 0 Å². The van der Waals surface area contributed by atoms with Crippen molar-refractivity contribution in [3.05, 3.63) is 34.4 Å². The molecule has 1 aliphatic rings. The minimum atomic E-state index is -0.994. The summed E-state index contributed by atoms with van der Waals surface area (Å²) in [6.07, 6.45) is 5.94. The van der Waals surface area contributed by atoms with Gasteiger partial charge in [-0.25, -0.2) is 4.79 Å². The second-order valence-corrected chi connectivity index (χ2v) is 6.65. The van der Waals surface area contributed by atoms with Crippen LogP contribution in [-0.4, -0.2) is 29.4 Å². The van der Waals surface area contributed by atoms with Crippen LogP contribution < -0.4 is 0 Å². The number of aromatic carboxylic acids is 1. The van der Waals surface area contributed by atoms with Crippen molar-refractivity contribution < 1.29 is 19.2 Å². The molecule has 0 spiro atoms. The van der Waals surface area contributed by atoms with Crippen molar-refractivity contribution in [1.82, 2.24) is 0 Å². The number of carbonyl (C=O) groups is 1. The summed E-state index contributed by atoms with van der Waals surface area (Å²) >= 11 is 0. The van der Waals surface area contributed by atoms with Crippen LogP contribution in [0.25, 0.3) is 0 Å².